The van der Waals surface area contributed by atoms with Crippen LogP contribution in [0.4, 0.5) is 0 Å². The lowest BCUT2D eigenvalue weighted by Gasteiger charge is -2.34. The Morgan fingerprint density at radius 3 is 2.58 bits per heavy atom. The van der Waals surface area contributed by atoms with E-state index in [0.717, 1.165) is 53.9 Å². The number of amides is 1. The third-order valence-electron chi connectivity index (χ3n) is 4.67. The van der Waals surface area contributed by atoms with E-state index in [1.165, 1.54) is 16.9 Å². The first-order valence-electron chi connectivity index (χ1n) is 8.85. The summed E-state index contributed by atoms with van der Waals surface area (Å²) in [5.41, 5.74) is 1.37. The van der Waals surface area contributed by atoms with Crippen molar-refractivity contribution in [1.82, 2.24) is 14.8 Å². The van der Waals surface area contributed by atoms with E-state index in [1.807, 2.05) is 22.4 Å². The molecule has 1 amide bonds. The van der Waals surface area contributed by atoms with Crippen molar-refractivity contribution in [1.29, 1.82) is 0 Å². The molecule has 0 bridgehead atoms. The van der Waals surface area contributed by atoms with E-state index < -0.39 is 0 Å². The van der Waals surface area contributed by atoms with Crippen molar-refractivity contribution >= 4 is 28.6 Å². The zero-order valence-electron chi connectivity index (χ0n) is 14.5. The third-order valence-corrected chi connectivity index (χ3v) is 6.69. The lowest BCUT2D eigenvalue weighted by molar-refractivity contribution is 0.0643. The van der Waals surface area contributed by atoms with Crippen LogP contribution in [-0.2, 0) is 6.42 Å². The zero-order valence-corrected chi connectivity index (χ0v) is 16.1. The van der Waals surface area contributed by atoms with Crippen molar-refractivity contribution in [2.75, 3.05) is 32.7 Å². The number of hydrogen-bond donors (Lipinski definition) is 0. The van der Waals surface area contributed by atoms with Gasteiger partial charge in [-0.2, -0.15) is 0 Å². The molecule has 1 aromatic carbocycles. The van der Waals surface area contributed by atoms with Crippen LogP contribution in [0.25, 0.3) is 9.88 Å². The van der Waals surface area contributed by atoms with E-state index in [4.69, 9.17) is 0 Å². The van der Waals surface area contributed by atoms with Crippen molar-refractivity contribution in [3.8, 4) is 9.88 Å². The fraction of sp³-hybridized carbons (Fsp3) is 0.300. The van der Waals surface area contributed by atoms with Crippen molar-refractivity contribution in [3.63, 3.8) is 0 Å². The number of aromatic nitrogens is 1. The van der Waals surface area contributed by atoms with Crippen LogP contribution in [0.2, 0.25) is 0 Å². The highest BCUT2D eigenvalue weighted by Gasteiger charge is 2.23. The normalized spacial score (nSPS) is 15.3. The Kier molecular flexibility index (Phi) is 5.43. The Morgan fingerprint density at radius 2 is 1.85 bits per heavy atom. The van der Waals surface area contributed by atoms with Crippen molar-refractivity contribution in [3.05, 3.63) is 64.5 Å². The second-order valence-corrected chi connectivity index (χ2v) is 8.35. The smallest absolute Gasteiger partial charge is 0.265 e. The summed E-state index contributed by atoms with van der Waals surface area (Å²) in [6.45, 7) is 4.51. The average molecular weight is 384 g/mol. The van der Waals surface area contributed by atoms with Crippen molar-refractivity contribution in [2.24, 2.45) is 0 Å². The number of benzene rings is 1. The van der Waals surface area contributed by atoms with Gasteiger partial charge < -0.3 is 4.90 Å². The molecular weight excluding hydrogens is 362 g/mol. The number of carbonyl (C=O) groups excluding carboxylic acids is 1. The minimum Gasteiger partial charge on any atom is -0.335 e. The molecule has 0 N–H and O–H groups in total. The van der Waals surface area contributed by atoms with Crippen LogP contribution in [0, 0.1) is 0 Å². The van der Waals surface area contributed by atoms with Crippen molar-refractivity contribution in [2.45, 2.75) is 6.42 Å². The molecule has 26 heavy (non-hydrogen) atoms. The van der Waals surface area contributed by atoms with Gasteiger partial charge in [0.25, 0.3) is 5.91 Å². The van der Waals surface area contributed by atoms with Gasteiger partial charge in [0.15, 0.2) is 0 Å². The standard InChI is InChI=1S/C20H21N3OS2/c24-20(18-15-21-19(26-18)17-7-4-14-25-17)23-12-10-22(11-13-23)9-8-16-5-2-1-3-6-16/h1-7,14-15H,8-13H2. The summed E-state index contributed by atoms with van der Waals surface area (Å²) in [5, 5.41) is 2.97. The van der Waals surface area contributed by atoms with Gasteiger partial charge in [0.2, 0.25) is 0 Å². The molecule has 0 spiro atoms. The topological polar surface area (TPSA) is 36.4 Å². The van der Waals surface area contributed by atoms with Crippen LogP contribution in [-0.4, -0.2) is 53.4 Å². The molecule has 4 rings (SSSR count). The maximum atomic E-state index is 12.7. The summed E-state index contributed by atoms with van der Waals surface area (Å²) >= 11 is 3.15. The largest absolute Gasteiger partial charge is 0.335 e. The van der Waals surface area contributed by atoms with Crippen molar-refractivity contribution < 1.29 is 4.79 Å². The predicted octanol–water partition coefficient (Wildman–Crippen LogP) is 3.87. The number of thiophene rings is 1. The number of piperazine rings is 1. The molecule has 0 atom stereocenters. The molecule has 0 aliphatic carbocycles. The Bertz CT molecular complexity index is 837. The summed E-state index contributed by atoms with van der Waals surface area (Å²) < 4.78 is 0. The van der Waals surface area contributed by atoms with Crippen LogP contribution in [0.1, 0.15) is 15.2 Å². The Labute approximate surface area is 161 Å². The highest BCUT2D eigenvalue weighted by Crippen LogP contribution is 2.29. The van der Waals surface area contributed by atoms with Gasteiger partial charge in [0, 0.05) is 32.7 Å². The summed E-state index contributed by atoms with van der Waals surface area (Å²) in [6.07, 6.45) is 2.79. The van der Waals surface area contributed by atoms with Crippen LogP contribution in [0.15, 0.2) is 54.0 Å². The molecule has 1 fully saturated rings. The van der Waals surface area contributed by atoms with Crippen LogP contribution in [0.5, 0.6) is 0 Å². The summed E-state index contributed by atoms with van der Waals surface area (Å²) in [4.78, 5) is 23.4. The third kappa shape index (κ3) is 4.03. The van der Waals surface area contributed by atoms with E-state index in [1.54, 1.807) is 17.5 Å². The summed E-state index contributed by atoms with van der Waals surface area (Å²) in [5.74, 6) is 0.119. The fourth-order valence-electron chi connectivity index (χ4n) is 3.15. The molecular formula is C20H21N3OS2. The van der Waals surface area contributed by atoms with Gasteiger partial charge in [0.05, 0.1) is 11.1 Å². The van der Waals surface area contributed by atoms with Gasteiger partial charge in [-0.25, -0.2) is 4.98 Å². The fourth-order valence-corrected chi connectivity index (χ4v) is 4.84. The molecule has 1 saturated heterocycles. The SMILES string of the molecule is O=C(c1cnc(-c2cccs2)s1)N1CCN(CCc2ccccc2)CC1. The second kappa shape index (κ2) is 8.12. The van der Waals surface area contributed by atoms with E-state index in [9.17, 15) is 4.79 Å². The average Bonchev–Trinajstić information content (AvgIpc) is 3.38. The molecule has 0 saturated carbocycles. The number of carbonyl (C=O) groups is 1. The molecule has 3 heterocycles. The molecule has 0 unspecified atom stereocenters. The molecule has 3 aromatic rings. The lowest BCUT2D eigenvalue weighted by atomic mass is 10.1. The van der Waals surface area contributed by atoms with E-state index in [2.05, 4.69) is 40.2 Å². The van der Waals surface area contributed by atoms with Crippen LogP contribution in [0.3, 0.4) is 0 Å². The maximum Gasteiger partial charge on any atom is 0.265 e. The van der Waals surface area contributed by atoms with E-state index in [0.29, 0.717) is 0 Å². The molecule has 1 aliphatic rings. The lowest BCUT2D eigenvalue weighted by Crippen LogP contribution is -2.49. The first kappa shape index (κ1) is 17.4. The van der Waals surface area contributed by atoms with Gasteiger partial charge in [-0.1, -0.05) is 36.4 Å². The first-order chi connectivity index (χ1) is 12.8. The Morgan fingerprint density at radius 1 is 1.04 bits per heavy atom. The highest BCUT2D eigenvalue weighted by atomic mass is 32.1. The Hall–Kier alpha value is -2.02. The highest BCUT2D eigenvalue weighted by molar-refractivity contribution is 7.21. The van der Waals surface area contributed by atoms with Gasteiger partial charge in [-0.3, -0.25) is 9.69 Å². The minimum absolute atomic E-state index is 0.119. The molecule has 0 radical (unpaired) electrons. The van der Waals surface area contributed by atoms with Gasteiger partial charge in [-0.15, -0.1) is 22.7 Å². The minimum atomic E-state index is 0.119. The van der Waals surface area contributed by atoms with Gasteiger partial charge >= 0.3 is 0 Å². The molecule has 1 aliphatic heterocycles. The second-order valence-electron chi connectivity index (χ2n) is 6.38. The quantitative estimate of drug-likeness (QED) is 0.671. The van der Waals surface area contributed by atoms with Gasteiger partial charge in [-0.05, 0) is 23.4 Å². The monoisotopic (exact) mass is 383 g/mol. The Balaban J connectivity index is 1.29. The molecule has 134 valence electrons. The predicted molar refractivity (Wildman–Crippen MR) is 108 cm³/mol. The molecule has 2 aromatic heterocycles. The zero-order chi connectivity index (χ0) is 17.8. The number of nitrogens with zero attached hydrogens (tertiary/aromatic N) is 3. The number of thiazole rings is 1. The maximum absolute atomic E-state index is 12.7. The van der Waals surface area contributed by atoms with Gasteiger partial charge in [0.1, 0.15) is 9.88 Å². The summed E-state index contributed by atoms with van der Waals surface area (Å²) in [6, 6.07) is 14.6. The molecule has 6 heteroatoms. The number of hydrogen-bond acceptors (Lipinski definition) is 5. The number of rotatable bonds is 5. The van der Waals surface area contributed by atoms with E-state index >= 15 is 0 Å². The first-order valence-corrected chi connectivity index (χ1v) is 10.5. The van der Waals surface area contributed by atoms with Crippen LogP contribution < -0.4 is 0 Å². The summed E-state index contributed by atoms with van der Waals surface area (Å²) in [7, 11) is 0. The van der Waals surface area contributed by atoms with Crippen LogP contribution >= 0.6 is 22.7 Å². The molecule has 4 nitrogen and oxygen atoms in total. The van der Waals surface area contributed by atoms with E-state index in [-0.39, 0.29) is 5.91 Å².